The molecule has 1 aromatic carbocycles. The molecule has 1 N–H and O–H groups in total. The standard InChI is InChI=1S/C16H14ClNOS2/c1-19-12-5-2-4-11(10-12)18-16(13-6-3-9-20-13)14-7-8-15(17)21-14/h2-10,16,18H,1H3. The summed E-state index contributed by atoms with van der Waals surface area (Å²) in [7, 11) is 1.68. The minimum Gasteiger partial charge on any atom is -0.497 e. The fourth-order valence-corrected chi connectivity index (χ4v) is 4.10. The van der Waals surface area contributed by atoms with Gasteiger partial charge in [-0.15, -0.1) is 22.7 Å². The maximum Gasteiger partial charge on any atom is 0.120 e. The molecule has 0 amide bonds. The number of nitrogens with one attached hydrogen (secondary N) is 1. The second-order valence-electron chi connectivity index (χ2n) is 4.47. The summed E-state index contributed by atoms with van der Waals surface area (Å²) in [6, 6.07) is 16.3. The van der Waals surface area contributed by atoms with Crippen molar-refractivity contribution in [2.24, 2.45) is 0 Å². The second-order valence-corrected chi connectivity index (χ2v) is 7.19. The molecule has 2 nitrogen and oxygen atoms in total. The normalized spacial score (nSPS) is 12.1. The lowest BCUT2D eigenvalue weighted by Gasteiger charge is -2.18. The summed E-state index contributed by atoms with van der Waals surface area (Å²) in [4.78, 5) is 2.46. The molecule has 3 aromatic rings. The van der Waals surface area contributed by atoms with E-state index in [0.717, 1.165) is 15.8 Å². The first kappa shape index (κ1) is 14.4. The van der Waals surface area contributed by atoms with Crippen LogP contribution < -0.4 is 10.1 Å². The van der Waals surface area contributed by atoms with Crippen LogP contribution in [-0.4, -0.2) is 7.11 Å². The molecule has 0 saturated heterocycles. The molecule has 1 atom stereocenters. The molecule has 1 unspecified atom stereocenters. The lowest BCUT2D eigenvalue weighted by atomic mass is 10.2. The van der Waals surface area contributed by atoms with E-state index in [1.165, 1.54) is 9.75 Å². The smallest absolute Gasteiger partial charge is 0.120 e. The minimum atomic E-state index is 0.106. The summed E-state index contributed by atoms with van der Waals surface area (Å²) in [6.45, 7) is 0. The number of anilines is 1. The van der Waals surface area contributed by atoms with Crippen LogP contribution >= 0.6 is 34.3 Å². The average molecular weight is 336 g/mol. The molecule has 0 fully saturated rings. The van der Waals surface area contributed by atoms with E-state index < -0.39 is 0 Å². The summed E-state index contributed by atoms with van der Waals surface area (Å²) in [5, 5.41) is 5.66. The third-order valence-corrected chi connectivity index (χ3v) is 5.32. The number of halogens is 1. The molecule has 0 radical (unpaired) electrons. The van der Waals surface area contributed by atoms with E-state index in [1.54, 1.807) is 29.8 Å². The van der Waals surface area contributed by atoms with Crippen LogP contribution in [0.2, 0.25) is 4.34 Å². The largest absolute Gasteiger partial charge is 0.497 e. The van der Waals surface area contributed by atoms with Gasteiger partial charge in [0.25, 0.3) is 0 Å². The molecule has 0 spiro atoms. The lowest BCUT2D eigenvalue weighted by Crippen LogP contribution is -2.09. The van der Waals surface area contributed by atoms with Crippen molar-refractivity contribution in [3.63, 3.8) is 0 Å². The van der Waals surface area contributed by atoms with Gasteiger partial charge in [-0.2, -0.15) is 0 Å². The highest BCUT2D eigenvalue weighted by atomic mass is 35.5. The summed E-state index contributed by atoms with van der Waals surface area (Å²) >= 11 is 9.43. The van der Waals surface area contributed by atoms with Gasteiger partial charge in [0.15, 0.2) is 0 Å². The van der Waals surface area contributed by atoms with Gasteiger partial charge >= 0.3 is 0 Å². The van der Waals surface area contributed by atoms with Crippen LogP contribution in [0.4, 0.5) is 5.69 Å². The van der Waals surface area contributed by atoms with Gasteiger partial charge in [-0.05, 0) is 35.7 Å². The number of thiophene rings is 2. The molecular weight excluding hydrogens is 322 g/mol. The zero-order valence-corrected chi connectivity index (χ0v) is 13.8. The Morgan fingerprint density at radius 3 is 2.67 bits per heavy atom. The highest BCUT2D eigenvalue weighted by Crippen LogP contribution is 2.35. The van der Waals surface area contributed by atoms with Crippen molar-refractivity contribution in [2.75, 3.05) is 12.4 Å². The van der Waals surface area contributed by atoms with Crippen molar-refractivity contribution in [2.45, 2.75) is 6.04 Å². The summed E-state index contributed by atoms with van der Waals surface area (Å²) in [6.07, 6.45) is 0. The number of hydrogen-bond acceptors (Lipinski definition) is 4. The Balaban J connectivity index is 1.92. The molecule has 21 heavy (non-hydrogen) atoms. The Morgan fingerprint density at radius 2 is 2.00 bits per heavy atom. The predicted octanol–water partition coefficient (Wildman–Crippen LogP) is 5.67. The van der Waals surface area contributed by atoms with Crippen molar-refractivity contribution in [3.05, 3.63) is 68.0 Å². The van der Waals surface area contributed by atoms with Crippen molar-refractivity contribution in [1.82, 2.24) is 0 Å². The molecule has 2 heterocycles. The number of ether oxygens (including phenoxy) is 1. The minimum absolute atomic E-state index is 0.106. The fourth-order valence-electron chi connectivity index (χ4n) is 2.10. The van der Waals surface area contributed by atoms with Crippen LogP contribution in [0.25, 0.3) is 0 Å². The molecule has 0 aliphatic heterocycles. The van der Waals surface area contributed by atoms with Gasteiger partial charge < -0.3 is 10.1 Å². The van der Waals surface area contributed by atoms with E-state index in [-0.39, 0.29) is 6.04 Å². The monoisotopic (exact) mass is 335 g/mol. The molecule has 0 aliphatic rings. The van der Waals surface area contributed by atoms with Gasteiger partial charge in [0, 0.05) is 21.5 Å². The third-order valence-electron chi connectivity index (χ3n) is 3.09. The zero-order chi connectivity index (χ0) is 14.7. The Kier molecular flexibility index (Phi) is 4.48. The quantitative estimate of drug-likeness (QED) is 0.648. The van der Waals surface area contributed by atoms with Crippen molar-refractivity contribution >= 4 is 40.0 Å². The van der Waals surface area contributed by atoms with Crippen LogP contribution in [0.5, 0.6) is 5.75 Å². The number of methoxy groups -OCH3 is 1. The third kappa shape index (κ3) is 3.40. The lowest BCUT2D eigenvalue weighted by molar-refractivity contribution is 0.415. The molecule has 0 saturated carbocycles. The van der Waals surface area contributed by atoms with Crippen molar-refractivity contribution < 1.29 is 4.74 Å². The van der Waals surface area contributed by atoms with E-state index in [1.807, 2.05) is 30.3 Å². The summed E-state index contributed by atoms with van der Waals surface area (Å²) in [5.41, 5.74) is 1.03. The number of hydrogen-bond donors (Lipinski definition) is 1. The van der Waals surface area contributed by atoms with Crippen molar-refractivity contribution in [1.29, 1.82) is 0 Å². The van der Waals surface area contributed by atoms with Crippen LogP contribution in [0.15, 0.2) is 53.9 Å². The first-order valence-electron chi connectivity index (χ1n) is 6.45. The Hall–Kier alpha value is -1.49. The Bertz CT molecular complexity index is 709. The summed E-state index contributed by atoms with van der Waals surface area (Å²) < 4.78 is 6.09. The molecule has 108 valence electrons. The second kappa shape index (κ2) is 6.52. The summed E-state index contributed by atoms with van der Waals surface area (Å²) in [5.74, 6) is 0.842. The van der Waals surface area contributed by atoms with E-state index in [9.17, 15) is 0 Å². The van der Waals surface area contributed by atoms with Gasteiger partial charge in [0.2, 0.25) is 0 Å². The van der Waals surface area contributed by atoms with Crippen LogP contribution in [-0.2, 0) is 0 Å². The van der Waals surface area contributed by atoms with Crippen LogP contribution in [0.3, 0.4) is 0 Å². The molecular formula is C16H14ClNOS2. The highest BCUT2D eigenvalue weighted by Gasteiger charge is 2.17. The highest BCUT2D eigenvalue weighted by molar-refractivity contribution is 7.16. The first-order valence-corrected chi connectivity index (χ1v) is 8.53. The van der Waals surface area contributed by atoms with E-state index in [0.29, 0.717) is 0 Å². The zero-order valence-electron chi connectivity index (χ0n) is 11.4. The molecule has 2 aromatic heterocycles. The SMILES string of the molecule is COc1cccc(NC(c2cccs2)c2ccc(Cl)s2)c1. The fraction of sp³-hybridized carbons (Fsp3) is 0.125. The molecule has 0 bridgehead atoms. The van der Waals surface area contributed by atoms with Gasteiger partial charge in [0.05, 0.1) is 17.5 Å². The van der Waals surface area contributed by atoms with Gasteiger partial charge in [-0.1, -0.05) is 23.7 Å². The Morgan fingerprint density at radius 1 is 1.10 bits per heavy atom. The van der Waals surface area contributed by atoms with Crippen LogP contribution in [0, 0.1) is 0 Å². The van der Waals surface area contributed by atoms with Gasteiger partial charge in [-0.3, -0.25) is 0 Å². The first-order chi connectivity index (χ1) is 10.3. The maximum atomic E-state index is 6.09. The maximum absolute atomic E-state index is 6.09. The topological polar surface area (TPSA) is 21.3 Å². The molecule has 5 heteroatoms. The van der Waals surface area contributed by atoms with E-state index >= 15 is 0 Å². The average Bonchev–Trinajstić information content (AvgIpc) is 3.16. The van der Waals surface area contributed by atoms with E-state index in [2.05, 4.69) is 28.9 Å². The van der Waals surface area contributed by atoms with Gasteiger partial charge in [0.1, 0.15) is 5.75 Å². The van der Waals surface area contributed by atoms with Crippen molar-refractivity contribution in [3.8, 4) is 5.75 Å². The molecule has 0 aliphatic carbocycles. The van der Waals surface area contributed by atoms with E-state index in [4.69, 9.17) is 16.3 Å². The Labute approximate surface area is 137 Å². The molecule has 3 rings (SSSR count). The number of benzene rings is 1. The number of rotatable bonds is 5. The van der Waals surface area contributed by atoms with Crippen LogP contribution in [0.1, 0.15) is 15.8 Å². The predicted molar refractivity (Wildman–Crippen MR) is 92.1 cm³/mol. The van der Waals surface area contributed by atoms with Gasteiger partial charge in [-0.25, -0.2) is 0 Å².